The zero-order chi connectivity index (χ0) is 22.2. The van der Waals surface area contributed by atoms with E-state index in [0.29, 0.717) is 48.4 Å². The third-order valence-electron chi connectivity index (χ3n) is 5.95. The van der Waals surface area contributed by atoms with Crippen molar-refractivity contribution in [1.82, 2.24) is 20.9 Å². The lowest BCUT2D eigenvalue weighted by Gasteiger charge is -2.32. The van der Waals surface area contributed by atoms with Crippen molar-refractivity contribution in [3.05, 3.63) is 59.0 Å². The van der Waals surface area contributed by atoms with Gasteiger partial charge < -0.3 is 20.0 Å². The molecule has 0 saturated carbocycles. The largest absolute Gasteiger partial charge is 0.469 e. The zero-order valence-electron chi connectivity index (χ0n) is 17.4. The maximum Gasteiger partial charge on any atom is 0.322 e. The Morgan fingerprint density at radius 2 is 1.94 bits per heavy atom. The molecule has 2 aromatic rings. The number of rotatable bonds is 4. The molecule has 3 heterocycles. The van der Waals surface area contributed by atoms with Crippen LogP contribution in [0, 0.1) is 6.92 Å². The number of furan rings is 1. The smallest absolute Gasteiger partial charge is 0.322 e. The van der Waals surface area contributed by atoms with Gasteiger partial charge >= 0.3 is 6.03 Å². The summed E-state index contributed by atoms with van der Waals surface area (Å²) >= 11 is 0. The van der Waals surface area contributed by atoms with Crippen molar-refractivity contribution in [2.24, 2.45) is 0 Å². The quantitative estimate of drug-likeness (QED) is 0.645. The molecule has 2 aliphatic rings. The van der Waals surface area contributed by atoms with Crippen LogP contribution in [0.5, 0.6) is 0 Å². The Balaban J connectivity index is 1.39. The second-order valence-electron chi connectivity index (χ2n) is 8.04. The van der Waals surface area contributed by atoms with Crippen LogP contribution >= 0.6 is 0 Å². The van der Waals surface area contributed by atoms with Crippen molar-refractivity contribution in [1.29, 1.82) is 0 Å². The van der Waals surface area contributed by atoms with Crippen LogP contribution in [0.25, 0.3) is 0 Å². The number of nitrogens with zero attached hydrogens (tertiary/aromatic N) is 1. The topological polar surface area (TPSA) is 121 Å². The highest BCUT2D eigenvalue weighted by molar-refractivity contribution is 6.07. The van der Waals surface area contributed by atoms with Crippen molar-refractivity contribution in [2.75, 3.05) is 13.1 Å². The van der Waals surface area contributed by atoms with Crippen LogP contribution < -0.4 is 16.0 Å². The van der Waals surface area contributed by atoms with E-state index in [0.717, 1.165) is 0 Å². The Morgan fingerprint density at radius 3 is 2.55 bits per heavy atom. The molecule has 0 aliphatic carbocycles. The van der Waals surface area contributed by atoms with Crippen LogP contribution in [-0.2, 0) is 10.3 Å². The van der Waals surface area contributed by atoms with Crippen molar-refractivity contribution < 1.29 is 23.6 Å². The fraction of sp³-hybridized carbons (Fsp3) is 0.364. The lowest BCUT2D eigenvalue weighted by Crippen LogP contribution is -2.46. The average molecular weight is 424 g/mol. The summed E-state index contributed by atoms with van der Waals surface area (Å²) in [5, 5.41) is 7.84. The van der Waals surface area contributed by atoms with Gasteiger partial charge in [0, 0.05) is 24.7 Å². The van der Waals surface area contributed by atoms with Crippen molar-refractivity contribution in [3.8, 4) is 0 Å². The Bertz CT molecular complexity index is 1050. The number of hydrogen-bond acceptors (Lipinski definition) is 5. The molecule has 31 heavy (non-hydrogen) atoms. The number of urea groups is 1. The first-order chi connectivity index (χ1) is 14.8. The first kappa shape index (κ1) is 20.6. The minimum absolute atomic E-state index is 0.0199. The Labute approximate surface area is 179 Å². The molecule has 9 nitrogen and oxygen atoms in total. The van der Waals surface area contributed by atoms with E-state index >= 15 is 0 Å². The zero-order valence-corrected chi connectivity index (χ0v) is 17.4. The van der Waals surface area contributed by atoms with Gasteiger partial charge in [-0.1, -0.05) is 12.1 Å². The second-order valence-corrected chi connectivity index (χ2v) is 8.04. The Kier molecular flexibility index (Phi) is 5.26. The lowest BCUT2D eigenvalue weighted by molar-refractivity contribution is -0.123. The van der Waals surface area contributed by atoms with Gasteiger partial charge in [0.2, 0.25) is 0 Å². The molecule has 1 aromatic carbocycles. The Morgan fingerprint density at radius 1 is 1.19 bits per heavy atom. The number of carbonyl (C=O) groups excluding carboxylic acids is 4. The predicted molar refractivity (Wildman–Crippen MR) is 110 cm³/mol. The van der Waals surface area contributed by atoms with Crippen LogP contribution in [0.3, 0.4) is 0 Å². The number of nitrogens with one attached hydrogen (secondary N) is 3. The lowest BCUT2D eigenvalue weighted by atomic mass is 9.90. The molecule has 3 N–H and O–H groups in total. The molecule has 0 bridgehead atoms. The molecule has 9 heteroatoms. The third-order valence-corrected chi connectivity index (χ3v) is 5.95. The van der Waals surface area contributed by atoms with E-state index in [1.165, 1.54) is 6.26 Å². The standard InChI is InChI=1S/C22H24N4O5/c1-13-17(8-11-31-13)18(27)23-16-6-9-26(10-7-16)19(28)14-4-3-5-15(12-14)22(2)20(29)24-21(30)25-22/h3-5,8,11-12,16H,6-7,9-10H2,1-2H3,(H,23,27)(H2,24,25,29,30). The predicted octanol–water partition coefficient (Wildman–Crippen LogP) is 1.68. The summed E-state index contributed by atoms with van der Waals surface area (Å²) in [5.41, 5.74) is 0.297. The van der Waals surface area contributed by atoms with Gasteiger partial charge in [0.25, 0.3) is 17.7 Å². The number of amides is 5. The van der Waals surface area contributed by atoms with E-state index < -0.39 is 17.5 Å². The van der Waals surface area contributed by atoms with Gasteiger partial charge in [-0.05, 0) is 50.5 Å². The minimum atomic E-state index is -1.21. The van der Waals surface area contributed by atoms with E-state index in [1.807, 2.05) is 0 Å². The molecule has 5 amide bonds. The highest BCUT2D eigenvalue weighted by Gasteiger charge is 2.43. The number of benzene rings is 1. The monoisotopic (exact) mass is 424 g/mol. The minimum Gasteiger partial charge on any atom is -0.469 e. The summed E-state index contributed by atoms with van der Waals surface area (Å²) in [4.78, 5) is 50.9. The van der Waals surface area contributed by atoms with E-state index in [9.17, 15) is 19.2 Å². The average Bonchev–Trinajstić information content (AvgIpc) is 3.30. The van der Waals surface area contributed by atoms with Crippen molar-refractivity contribution in [3.63, 3.8) is 0 Å². The molecule has 2 fully saturated rings. The Hall–Kier alpha value is -3.62. The number of carbonyl (C=O) groups is 4. The van der Waals surface area contributed by atoms with E-state index in [4.69, 9.17) is 4.42 Å². The van der Waals surface area contributed by atoms with Gasteiger partial charge in [-0.15, -0.1) is 0 Å². The summed E-state index contributed by atoms with van der Waals surface area (Å²) in [6.45, 7) is 4.36. The van der Waals surface area contributed by atoms with Crippen molar-refractivity contribution >= 4 is 23.8 Å². The van der Waals surface area contributed by atoms with Crippen LogP contribution in [0.15, 0.2) is 41.0 Å². The maximum absolute atomic E-state index is 13.0. The van der Waals surface area contributed by atoms with Crippen LogP contribution in [0.1, 0.15) is 51.8 Å². The second kappa shape index (κ2) is 7.90. The fourth-order valence-corrected chi connectivity index (χ4v) is 4.00. The maximum atomic E-state index is 13.0. The number of imide groups is 1. The first-order valence-corrected chi connectivity index (χ1v) is 10.2. The molecule has 1 aromatic heterocycles. The first-order valence-electron chi connectivity index (χ1n) is 10.2. The number of hydrogen-bond donors (Lipinski definition) is 3. The van der Waals surface area contributed by atoms with Crippen LogP contribution in [-0.4, -0.2) is 47.8 Å². The number of piperidine rings is 1. The summed E-state index contributed by atoms with van der Waals surface area (Å²) < 4.78 is 5.18. The SMILES string of the molecule is Cc1occc1C(=O)NC1CCN(C(=O)c2cccc(C3(C)NC(=O)NC3=O)c2)CC1. The van der Waals surface area contributed by atoms with E-state index in [1.54, 1.807) is 49.1 Å². The van der Waals surface area contributed by atoms with Crippen LogP contribution in [0.4, 0.5) is 4.79 Å². The van der Waals surface area contributed by atoms with E-state index in [2.05, 4.69) is 16.0 Å². The molecule has 0 radical (unpaired) electrons. The highest BCUT2D eigenvalue weighted by atomic mass is 16.3. The molecule has 1 unspecified atom stereocenters. The summed E-state index contributed by atoms with van der Waals surface area (Å²) in [7, 11) is 0. The van der Waals surface area contributed by atoms with E-state index in [-0.39, 0.29) is 17.9 Å². The molecule has 2 saturated heterocycles. The number of aryl methyl sites for hydroxylation is 1. The van der Waals surface area contributed by atoms with Gasteiger partial charge in [0.15, 0.2) is 0 Å². The van der Waals surface area contributed by atoms with Crippen molar-refractivity contribution in [2.45, 2.75) is 38.3 Å². The normalized spacial score (nSPS) is 21.5. The van der Waals surface area contributed by atoms with Crippen LogP contribution in [0.2, 0.25) is 0 Å². The summed E-state index contributed by atoms with van der Waals surface area (Å²) in [6, 6.07) is 7.81. The third kappa shape index (κ3) is 3.90. The number of likely N-dealkylation sites (tertiary alicyclic amines) is 1. The molecular weight excluding hydrogens is 400 g/mol. The molecule has 0 spiro atoms. The van der Waals surface area contributed by atoms with Gasteiger partial charge in [-0.2, -0.15) is 0 Å². The molecule has 4 rings (SSSR count). The summed E-state index contributed by atoms with van der Waals surface area (Å²) in [5.74, 6) is -0.197. The fourth-order valence-electron chi connectivity index (χ4n) is 4.00. The van der Waals surface area contributed by atoms with Gasteiger partial charge in [-0.3, -0.25) is 19.7 Å². The highest BCUT2D eigenvalue weighted by Crippen LogP contribution is 2.26. The molecule has 1 atom stereocenters. The van der Waals surface area contributed by atoms with Gasteiger partial charge in [-0.25, -0.2) is 4.79 Å². The van der Waals surface area contributed by atoms with Gasteiger partial charge in [0.05, 0.1) is 11.8 Å². The molecule has 2 aliphatic heterocycles. The van der Waals surface area contributed by atoms with Gasteiger partial charge in [0.1, 0.15) is 11.3 Å². The molecular formula is C22H24N4O5. The summed E-state index contributed by atoms with van der Waals surface area (Å²) in [6.07, 6.45) is 2.77. The molecule has 162 valence electrons.